The van der Waals surface area contributed by atoms with Crippen molar-refractivity contribution in [3.05, 3.63) is 18.0 Å². The minimum atomic E-state index is -0.389. The average Bonchev–Trinajstić information content (AvgIpc) is 3.02. The van der Waals surface area contributed by atoms with Gasteiger partial charge in [-0.25, -0.2) is 0 Å². The molecule has 0 bridgehead atoms. The van der Waals surface area contributed by atoms with Gasteiger partial charge in [0, 0.05) is 25.4 Å². The zero-order valence-electron chi connectivity index (χ0n) is 13.3. The number of nitrogens with two attached hydrogens (primary N) is 1. The van der Waals surface area contributed by atoms with Gasteiger partial charge >= 0.3 is 0 Å². The van der Waals surface area contributed by atoms with E-state index in [0.29, 0.717) is 6.54 Å². The molecular weight excluding hydrogens is 268 g/mol. The predicted molar refractivity (Wildman–Crippen MR) is 80.5 cm³/mol. The molecule has 1 aliphatic heterocycles. The zero-order chi connectivity index (χ0) is 15.6. The van der Waals surface area contributed by atoms with Gasteiger partial charge in [0.05, 0.1) is 18.3 Å². The van der Waals surface area contributed by atoms with Crippen molar-refractivity contribution in [2.45, 2.75) is 51.9 Å². The maximum absolute atomic E-state index is 12.4. The fourth-order valence-electron chi connectivity index (χ4n) is 2.70. The van der Waals surface area contributed by atoms with Gasteiger partial charge in [-0.3, -0.25) is 9.48 Å². The Hall–Kier alpha value is -1.40. The number of nitrogens with one attached hydrogen (secondary N) is 1. The summed E-state index contributed by atoms with van der Waals surface area (Å²) < 4.78 is 7.42. The number of aromatic nitrogens is 2. The van der Waals surface area contributed by atoms with Crippen molar-refractivity contribution in [3.63, 3.8) is 0 Å². The highest BCUT2D eigenvalue weighted by Gasteiger charge is 2.34. The quantitative estimate of drug-likeness (QED) is 0.872. The van der Waals surface area contributed by atoms with E-state index in [2.05, 4.69) is 31.2 Å². The van der Waals surface area contributed by atoms with Crippen LogP contribution in [0.1, 0.15) is 45.2 Å². The molecule has 0 saturated carbocycles. The molecule has 1 amide bonds. The Morgan fingerprint density at radius 1 is 1.57 bits per heavy atom. The minimum Gasteiger partial charge on any atom is -0.364 e. The maximum Gasteiger partial charge on any atom is 0.249 e. The van der Waals surface area contributed by atoms with Crippen molar-refractivity contribution < 1.29 is 9.53 Å². The van der Waals surface area contributed by atoms with Gasteiger partial charge in [-0.05, 0) is 18.3 Å². The second-order valence-corrected chi connectivity index (χ2v) is 6.81. The molecule has 1 aromatic heterocycles. The normalized spacial score (nSPS) is 24.0. The van der Waals surface area contributed by atoms with Crippen molar-refractivity contribution >= 4 is 5.91 Å². The molecule has 0 aliphatic carbocycles. The number of hydrogen-bond donors (Lipinski definition) is 2. The summed E-state index contributed by atoms with van der Waals surface area (Å²) in [6.07, 6.45) is 4.94. The molecule has 2 rings (SSSR count). The van der Waals surface area contributed by atoms with Gasteiger partial charge in [-0.15, -0.1) is 0 Å². The average molecular weight is 294 g/mol. The van der Waals surface area contributed by atoms with Crippen LogP contribution in [0.15, 0.2) is 12.4 Å². The van der Waals surface area contributed by atoms with Crippen LogP contribution in [0.3, 0.4) is 0 Å². The Labute approximate surface area is 126 Å². The molecule has 6 heteroatoms. The largest absolute Gasteiger partial charge is 0.364 e. The summed E-state index contributed by atoms with van der Waals surface area (Å²) >= 11 is 0. The Morgan fingerprint density at radius 3 is 2.76 bits per heavy atom. The van der Waals surface area contributed by atoms with Crippen LogP contribution < -0.4 is 11.1 Å². The van der Waals surface area contributed by atoms with E-state index in [1.54, 1.807) is 10.9 Å². The van der Waals surface area contributed by atoms with Crippen LogP contribution in [-0.4, -0.2) is 34.4 Å². The molecule has 1 saturated heterocycles. The first-order valence-corrected chi connectivity index (χ1v) is 7.45. The Morgan fingerprint density at radius 2 is 2.29 bits per heavy atom. The van der Waals surface area contributed by atoms with Gasteiger partial charge in [-0.1, -0.05) is 20.8 Å². The second kappa shape index (κ2) is 6.15. The summed E-state index contributed by atoms with van der Waals surface area (Å²) in [6, 6.07) is -0.0979. The number of ether oxygens (including phenoxy) is 1. The molecule has 118 valence electrons. The SMILES string of the molecule is Cn1cc(C(NC(=O)[C@@H]2CC[C@H](CN)O2)C(C)(C)C)cn1. The molecule has 0 radical (unpaired) electrons. The summed E-state index contributed by atoms with van der Waals surface area (Å²) in [5.74, 6) is -0.0604. The maximum atomic E-state index is 12.4. The number of rotatable bonds is 4. The summed E-state index contributed by atoms with van der Waals surface area (Å²) in [7, 11) is 1.87. The molecule has 2 heterocycles. The van der Waals surface area contributed by atoms with Crippen molar-refractivity contribution in [1.29, 1.82) is 0 Å². The first kappa shape index (κ1) is 16.0. The topological polar surface area (TPSA) is 82.2 Å². The number of nitrogens with zero attached hydrogens (tertiary/aromatic N) is 2. The molecule has 1 unspecified atom stereocenters. The van der Waals surface area contributed by atoms with Crippen LogP contribution in [0.2, 0.25) is 0 Å². The minimum absolute atomic E-state index is 0.00669. The number of aryl methyl sites for hydroxylation is 1. The van der Waals surface area contributed by atoms with Crippen LogP contribution in [0.5, 0.6) is 0 Å². The Balaban J connectivity index is 2.07. The zero-order valence-corrected chi connectivity index (χ0v) is 13.3. The van der Waals surface area contributed by atoms with Crippen molar-refractivity contribution in [2.75, 3.05) is 6.54 Å². The van der Waals surface area contributed by atoms with Crippen molar-refractivity contribution in [1.82, 2.24) is 15.1 Å². The highest BCUT2D eigenvalue weighted by Crippen LogP contribution is 2.33. The van der Waals surface area contributed by atoms with Gasteiger partial charge in [0.2, 0.25) is 5.91 Å². The first-order valence-electron chi connectivity index (χ1n) is 7.45. The Kier molecular flexibility index (Phi) is 4.68. The molecule has 1 aliphatic rings. The smallest absolute Gasteiger partial charge is 0.249 e. The standard InChI is InChI=1S/C15H26N4O2/c1-15(2,3)13(10-8-17-19(4)9-10)18-14(20)12-6-5-11(7-16)21-12/h8-9,11-13H,5-7,16H2,1-4H3,(H,18,20)/t11-,12+,13?/m1/s1. The second-order valence-electron chi connectivity index (χ2n) is 6.81. The lowest BCUT2D eigenvalue weighted by Crippen LogP contribution is -2.42. The predicted octanol–water partition coefficient (Wildman–Crippen LogP) is 1.13. The third-order valence-corrected chi connectivity index (χ3v) is 3.87. The van der Waals surface area contributed by atoms with Gasteiger partial charge < -0.3 is 15.8 Å². The van der Waals surface area contributed by atoms with E-state index in [0.717, 1.165) is 18.4 Å². The number of carbonyl (C=O) groups is 1. The third kappa shape index (κ3) is 3.83. The molecule has 21 heavy (non-hydrogen) atoms. The van der Waals surface area contributed by atoms with Crippen LogP contribution in [0.4, 0.5) is 0 Å². The van der Waals surface area contributed by atoms with E-state index in [4.69, 9.17) is 10.5 Å². The first-order chi connectivity index (χ1) is 9.81. The summed E-state index contributed by atoms with van der Waals surface area (Å²) in [5.41, 5.74) is 6.49. The molecule has 3 atom stereocenters. The van der Waals surface area contributed by atoms with Crippen LogP contribution in [0, 0.1) is 5.41 Å². The van der Waals surface area contributed by atoms with Crippen LogP contribution in [-0.2, 0) is 16.6 Å². The molecule has 3 N–H and O–H groups in total. The van der Waals surface area contributed by atoms with Gasteiger partial charge in [0.15, 0.2) is 0 Å². The van der Waals surface area contributed by atoms with E-state index in [1.807, 2.05) is 13.2 Å². The van der Waals surface area contributed by atoms with E-state index in [-0.39, 0.29) is 29.6 Å². The summed E-state index contributed by atoms with van der Waals surface area (Å²) in [6.45, 7) is 6.77. The van der Waals surface area contributed by atoms with E-state index in [1.165, 1.54) is 0 Å². The molecule has 0 spiro atoms. The van der Waals surface area contributed by atoms with E-state index >= 15 is 0 Å². The summed E-state index contributed by atoms with van der Waals surface area (Å²) in [4.78, 5) is 12.4. The van der Waals surface area contributed by atoms with Crippen LogP contribution in [0.25, 0.3) is 0 Å². The monoisotopic (exact) mass is 294 g/mol. The van der Waals surface area contributed by atoms with Crippen LogP contribution >= 0.6 is 0 Å². The molecule has 1 aromatic rings. The highest BCUT2D eigenvalue weighted by atomic mass is 16.5. The lowest BCUT2D eigenvalue weighted by atomic mass is 9.83. The van der Waals surface area contributed by atoms with Gasteiger partial charge in [0.25, 0.3) is 0 Å². The third-order valence-electron chi connectivity index (χ3n) is 3.87. The Bertz CT molecular complexity index is 492. The fourth-order valence-corrected chi connectivity index (χ4v) is 2.70. The van der Waals surface area contributed by atoms with Crippen molar-refractivity contribution in [3.8, 4) is 0 Å². The van der Waals surface area contributed by atoms with Crippen molar-refractivity contribution in [2.24, 2.45) is 18.2 Å². The van der Waals surface area contributed by atoms with Gasteiger partial charge in [-0.2, -0.15) is 5.10 Å². The number of hydrogen-bond acceptors (Lipinski definition) is 4. The lowest BCUT2D eigenvalue weighted by molar-refractivity contribution is -0.133. The van der Waals surface area contributed by atoms with E-state index < -0.39 is 0 Å². The molecule has 0 aromatic carbocycles. The number of amides is 1. The van der Waals surface area contributed by atoms with E-state index in [9.17, 15) is 4.79 Å². The summed E-state index contributed by atoms with van der Waals surface area (Å²) in [5, 5.41) is 7.31. The molecule has 1 fully saturated rings. The fraction of sp³-hybridized carbons (Fsp3) is 0.733. The molecule has 6 nitrogen and oxygen atoms in total. The number of carbonyl (C=O) groups excluding carboxylic acids is 1. The highest BCUT2D eigenvalue weighted by molar-refractivity contribution is 5.81. The lowest BCUT2D eigenvalue weighted by Gasteiger charge is -2.31. The van der Waals surface area contributed by atoms with Gasteiger partial charge in [0.1, 0.15) is 6.10 Å². The molecular formula is C15H26N4O2.